The first-order valence-corrected chi connectivity index (χ1v) is 8.33. The number of para-hydroxylation sites is 1. The van der Waals surface area contributed by atoms with Crippen LogP contribution in [0.15, 0.2) is 18.2 Å². The maximum atomic E-state index is 12.3. The Morgan fingerprint density at radius 2 is 2.04 bits per heavy atom. The lowest BCUT2D eigenvalue weighted by Gasteiger charge is -2.41. The maximum Gasteiger partial charge on any atom is 0.410 e. The summed E-state index contributed by atoms with van der Waals surface area (Å²) >= 11 is 0. The summed E-state index contributed by atoms with van der Waals surface area (Å²) in [6.45, 7) is 9.14. The number of rotatable bonds is 3. The monoisotopic (exact) mass is 350 g/mol. The lowest BCUT2D eigenvalue weighted by molar-refractivity contribution is -0.383. The maximum absolute atomic E-state index is 12.3. The van der Waals surface area contributed by atoms with E-state index in [1.54, 1.807) is 18.0 Å². The molecule has 0 radical (unpaired) electrons. The molecule has 1 amide bonds. The van der Waals surface area contributed by atoms with Crippen molar-refractivity contribution in [2.24, 2.45) is 0 Å². The summed E-state index contributed by atoms with van der Waals surface area (Å²) < 4.78 is 5.45. The van der Waals surface area contributed by atoms with Crippen molar-refractivity contribution in [1.82, 2.24) is 4.90 Å². The van der Waals surface area contributed by atoms with Gasteiger partial charge in [-0.3, -0.25) is 10.1 Å². The Hall–Kier alpha value is -2.51. The van der Waals surface area contributed by atoms with Crippen LogP contribution in [0.1, 0.15) is 27.7 Å². The summed E-state index contributed by atoms with van der Waals surface area (Å²) in [5, 5.41) is 14.2. The van der Waals surface area contributed by atoms with Crippen molar-refractivity contribution in [3.8, 4) is 0 Å². The van der Waals surface area contributed by atoms with E-state index in [0.717, 1.165) is 5.69 Å². The van der Waals surface area contributed by atoms with E-state index >= 15 is 0 Å². The van der Waals surface area contributed by atoms with Gasteiger partial charge in [-0.25, -0.2) is 4.79 Å². The number of nitro benzene ring substituents is 1. The molecular formula is C17H26N4O4. The Kier molecular flexibility index (Phi) is 5.39. The molecule has 138 valence electrons. The molecule has 25 heavy (non-hydrogen) atoms. The summed E-state index contributed by atoms with van der Waals surface area (Å²) in [4.78, 5) is 26.9. The molecule has 1 saturated heterocycles. The number of anilines is 2. The zero-order chi connectivity index (χ0) is 18.8. The Morgan fingerprint density at radius 3 is 2.56 bits per heavy atom. The summed E-state index contributed by atoms with van der Waals surface area (Å²) in [7, 11) is 1.67. The van der Waals surface area contributed by atoms with Crippen LogP contribution in [-0.2, 0) is 4.74 Å². The minimum absolute atomic E-state index is 0.0437. The first-order chi connectivity index (χ1) is 11.6. The van der Waals surface area contributed by atoms with Crippen LogP contribution in [0.2, 0.25) is 0 Å². The van der Waals surface area contributed by atoms with Crippen molar-refractivity contribution in [1.29, 1.82) is 0 Å². The van der Waals surface area contributed by atoms with Gasteiger partial charge >= 0.3 is 6.09 Å². The molecule has 1 atom stereocenters. The first-order valence-electron chi connectivity index (χ1n) is 8.33. The highest BCUT2D eigenvalue weighted by molar-refractivity contribution is 5.79. The van der Waals surface area contributed by atoms with Gasteiger partial charge in [0.25, 0.3) is 5.69 Å². The number of piperazine rings is 1. The molecule has 0 saturated carbocycles. The second-order valence-electron chi connectivity index (χ2n) is 7.15. The Labute approximate surface area is 147 Å². The third-order valence-corrected chi connectivity index (χ3v) is 4.06. The summed E-state index contributed by atoms with van der Waals surface area (Å²) in [6, 6.07) is 4.96. The molecule has 1 aliphatic rings. The van der Waals surface area contributed by atoms with E-state index in [4.69, 9.17) is 4.74 Å². The van der Waals surface area contributed by atoms with E-state index in [9.17, 15) is 14.9 Å². The minimum atomic E-state index is -0.534. The van der Waals surface area contributed by atoms with Crippen molar-refractivity contribution in [2.75, 3.05) is 36.9 Å². The number of hydrogen-bond donors (Lipinski definition) is 1. The molecule has 1 aliphatic heterocycles. The zero-order valence-corrected chi connectivity index (χ0v) is 15.4. The molecule has 1 heterocycles. The van der Waals surface area contributed by atoms with E-state index in [0.29, 0.717) is 25.3 Å². The van der Waals surface area contributed by atoms with E-state index < -0.39 is 10.5 Å². The predicted molar refractivity (Wildman–Crippen MR) is 97.3 cm³/mol. The van der Waals surface area contributed by atoms with Gasteiger partial charge in [0.05, 0.1) is 10.6 Å². The van der Waals surface area contributed by atoms with Gasteiger partial charge in [0.1, 0.15) is 11.3 Å². The number of carbonyl (C=O) groups excluding carboxylic acids is 1. The molecule has 0 spiro atoms. The number of ether oxygens (including phenoxy) is 1. The van der Waals surface area contributed by atoms with Crippen LogP contribution in [0.25, 0.3) is 0 Å². The molecule has 1 fully saturated rings. The number of carbonyl (C=O) groups is 1. The summed E-state index contributed by atoms with van der Waals surface area (Å²) in [5.74, 6) is 0. The van der Waals surface area contributed by atoms with Crippen molar-refractivity contribution < 1.29 is 14.5 Å². The topological polar surface area (TPSA) is 88.0 Å². The number of nitrogens with one attached hydrogen (secondary N) is 1. The second-order valence-corrected chi connectivity index (χ2v) is 7.15. The van der Waals surface area contributed by atoms with Gasteiger partial charge in [0, 0.05) is 38.8 Å². The van der Waals surface area contributed by atoms with Gasteiger partial charge in [-0.1, -0.05) is 6.07 Å². The van der Waals surface area contributed by atoms with Crippen LogP contribution in [0.4, 0.5) is 21.9 Å². The first kappa shape index (κ1) is 18.8. The zero-order valence-electron chi connectivity index (χ0n) is 15.4. The fourth-order valence-corrected chi connectivity index (χ4v) is 2.97. The number of amides is 1. The van der Waals surface area contributed by atoms with Crippen molar-refractivity contribution in [2.45, 2.75) is 39.3 Å². The molecule has 1 aromatic carbocycles. The molecule has 8 nitrogen and oxygen atoms in total. The fourth-order valence-electron chi connectivity index (χ4n) is 2.97. The molecule has 1 N–H and O–H groups in total. The van der Waals surface area contributed by atoms with Gasteiger partial charge in [-0.2, -0.15) is 0 Å². The van der Waals surface area contributed by atoms with Crippen LogP contribution in [0.3, 0.4) is 0 Å². The number of nitrogens with zero attached hydrogens (tertiary/aromatic N) is 3. The van der Waals surface area contributed by atoms with Gasteiger partial charge in [0.2, 0.25) is 0 Å². The van der Waals surface area contributed by atoms with Gasteiger partial charge < -0.3 is 19.9 Å². The SMILES string of the molecule is CNc1c(N2CCN(C(=O)OC(C)(C)C)[C@@H](C)C2)cccc1[N+](=O)[O-]. The largest absolute Gasteiger partial charge is 0.444 e. The molecule has 0 aliphatic carbocycles. The van der Waals surface area contributed by atoms with E-state index in [1.807, 2.05) is 33.8 Å². The average molecular weight is 350 g/mol. The minimum Gasteiger partial charge on any atom is -0.444 e. The van der Waals surface area contributed by atoms with Crippen molar-refractivity contribution in [3.63, 3.8) is 0 Å². The lowest BCUT2D eigenvalue weighted by Crippen LogP contribution is -2.55. The van der Waals surface area contributed by atoms with Gasteiger partial charge in [-0.05, 0) is 33.8 Å². The van der Waals surface area contributed by atoms with Crippen molar-refractivity contribution >= 4 is 23.2 Å². The number of nitro groups is 1. The molecule has 1 aromatic rings. The highest BCUT2D eigenvalue weighted by Crippen LogP contribution is 2.35. The number of benzene rings is 1. The molecule has 2 rings (SSSR count). The Morgan fingerprint density at radius 1 is 1.36 bits per heavy atom. The highest BCUT2D eigenvalue weighted by atomic mass is 16.6. The van der Waals surface area contributed by atoms with Gasteiger partial charge in [0.15, 0.2) is 0 Å². The molecular weight excluding hydrogens is 324 g/mol. The lowest BCUT2D eigenvalue weighted by atomic mass is 10.1. The highest BCUT2D eigenvalue weighted by Gasteiger charge is 2.32. The second kappa shape index (κ2) is 7.16. The number of hydrogen-bond acceptors (Lipinski definition) is 6. The summed E-state index contributed by atoms with van der Waals surface area (Å²) in [5.41, 5.74) is 0.771. The average Bonchev–Trinajstić information content (AvgIpc) is 2.51. The van der Waals surface area contributed by atoms with Crippen LogP contribution in [0.5, 0.6) is 0 Å². The van der Waals surface area contributed by atoms with Crippen LogP contribution in [-0.4, -0.2) is 54.2 Å². The van der Waals surface area contributed by atoms with Gasteiger partial charge in [-0.15, -0.1) is 0 Å². The third-order valence-electron chi connectivity index (χ3n) is 4.06. The van der Waals surface area contributed by atoms with Crippen molar-refractivity contribution in [3.05, 3.63) is 28.3 Å². The van der Waals surface area contributed by atoms with E-state index in [2.05, 4.69) is 10.2 Å². The Bertz CT molecular complexity index is 657. The molecule has 0 unspecified atom stereocenters. The van der Waals surface area contributed by atoms with Crippen LogP contribution >= 0.6 is 0 Å². The molecule has 0 bridgehead atoms. The summed E-state index contributed by atoms with van der Waals surface area (Å²) in [6.07, 6.45) is -0.326. The molecule has 0 aromatic heterocycles. The fraction of sp³-hybridized carbons (Fsp3) is 0.588. The third kappa shape index (κ3) is 4.32. The van der Waals surface area contributed by atoms with Crippen LogP contribution in [0, 0.1) is 10.1 Å². The standard InChI is InChI=1S/C17H26N4O4/c1-12-11-19(9-10-20(12)16(22)25-17(2,3)4)13-7-6-8-14(21(23)24)15(13)18-5/h6-8,12,18H,9-11H2,1-5H3/t12-/m0/s1. The Balaban J connectivity index is 2.17. The smallest absolute Gasteiger partial charge is 0.410 e. The van der Waals surface area contributed by atoms with E-state index in [-0.39, 0.29) is 17.8 Å². The molecule has 8 heteroatoms. The van der Waals surface area contributed by atoms with E-state index in [1.165, 1.54) is 6.07 Å². The van der Waals surface area contributed by atoms with Crippen LogP contribution < -0.4 is 10.2 Å². The predicted octanol–water partition coefficient (Wildman–Crippen LogP) is 3.08. The quantitative estimate of drug-likeness (QED) is 0.666. The normalized spacial score (nSPS) is 18.0.